The number of ether oxygens (including phenoxy) is 2. The van der Waals surface area contributed by atoms with E-state index in [-0.39, 0.29) is 11.9 Å². The second-order valence-corrected chi connectivity index (χ2v) is 3.93. The van der Waals surface area contributed by atoms with Crippen molar-refractivity contribution in [1.82, 2.24) is 10.6 Å². The number of amides is 1. The van der Waals surface area contributed by atoms with E-state index in [1.165, 1.54) is 0 Å². The number of carbonyl (C=O) groups excluding carboxylic acids is 1. The molecular weight excluding hydrogens is 208 g/mol. The van der Waals surface area contributed by atoms with Gasteiger partial charge in [0.15, 0.2) is 6.29 Å². The molecule has 1 amide bonds. The van der Waals surface area contributed by atoms with E-state index in [2.05, 4.69) is 10.6 Å². The van der Waals surface area contributed by atoms with Crippen LogP contribution in [0.2, 0.25) is 0 Å². The largest absolute Gasteiger partial charge is 0.354 e. The number of rotatable bonds is 5. The number of hydrogen-bond donors (Lipinski definition) is 2. The predicted octanol–water partition coefficient (Wildman–Crippen LogP) is 0.0297. The Morgan fingerprint density at radius 3 is 2.31 bits per heavy atom. The Labute approximate surface area is 96.2 Å². The molecule has 0 spiro atoms. The number of methoxy groups -OCH3 is 2. The molecule has 5 nitrogen and oxygen atoms in total. The summed E-state index contributed by atoms with van der Waals surface area (Å²) in [6, 6.07) is -0.175. The van der Waals surface area contributed by atoms with Crippen molar-refractivity contribution in [3.8, 4) is 0 Å². The minimum atomic E-state index is -0.415. The molecule has 2 N–H and O–H groups in total. The summed E-state index contributed by atoms with van der Waals surface area (Å²) in [6.07, 6.45) is -0.415. The zero-order chi connectivity index (χ0) is 12.1. The molecule has 0 saturated carbocycles. The van der Waals surface area contributed by atoms with E-state index in [4.69, 9.17) is 9.47 Å². The van der Waals surface area contributed by atoms with Gasteiger partial charge in [-0.1, -0.05) is 0 Å². The molecule has 5 heteroatoms. The first kappa shape index (κ1) is 13.2. The van der Waals surface area contributed by atoms with Crippen LogP contribution in [0.25, 0.3) is 0 Å². The van der Waals surface area contributed by atoms with Crippen LogP contribution >= 0.6 is 0 Å². The number of nitrogens with one attached hydrogen (secondary N) is 2. The molecule has 1 atom stereocenters. The summed E-state index contributed by atoms with van der Waals surface area (Å²) < 4.78 is 10.2. The zero-order valence-corrected chi connectivity index (χ0v) is 10.3. The van der Waals surface area contributed by atoms with Gasteiger partial charge in [0.1, 0.15) is 0 Å². The fraction of sp³-hybridized carbons (Fsp3) is 0.727. The molecule has 0 radical (unpaired) electrons. The molecule has 1 heterocycles. The molecule has 0 aromatic carbocycles. The molecule has 0 aromatic heterocycles. The van der Waals surface area contributed by atoms with Crippen LogP contribution in [0.3, 0.4) is 0 Å². The summed E-state index contributed by atoms with van der Waals surface area (Å²) >= 11 is 0. The van der Waals surface area contributed by atoms with Crippen LogP contribution in [0, 0.1) is 0 Å². The van der Waals surface area contributed by atoms with Gasteiger partial charge >= 0.3 is 0 Å². The van der Waals surface area contributed by atoms with Crippen molar-refractivity contribution in [2.24, 2.45) is 0 Å². The van der Waals surface area contributed by atoms with Crippen molar-refractivity contribution < 1.29 is 14.3 Å². The highest BCUT2D eigenvalue weighted by atomic mass is 16.7. The van der Waals surface area contributed by atoms with Crippen LogP contribution in [-0.4, -0.2) is 45.5 Å². The van der Waals surface area contributed by atoms with Crippen molar-refractivity contribution in [3.63, 3.8) is 0 Å². The first-order valence-electron chi connectivity index (χ1n) is 5.36. The Hall–Kier alpha value is -0.910. The molecule has 1 saturated heterocycles. The summed E-state index contributed by atoms with van der Waals surface area (Å²) in [5.41, 5.74) is 1.95. The summed E-state index contributed by atoms with van der Waals surface area (Å²) in [6.45, 7) is 5.32. The highest BCUT2D eigenvalue weighted by molar-refractivity contribution is 5.94. The van der Waals surface area contributed by atoms with Gasteiger partial charge in [0.2, 0.25) is 5.91 Å². The Kier molecular flexibility index (Phi) is 4.92. The van der Waals surface area contributed by atoms with Crippen molar-refractivity contribution in [1.29, 1.82) is 0 Å². The first-order chi connectivity index (χ1) is 7.60. The lowest BCUT2D eigenvalue weighted by molar-refractivity contribution is -0.133. The lowest BCUT2D eigenvalue weighted by Gasteiger charge is -2.25. The predicted molar refractivity (Wildman–Crippen MR) is 61.0 cm³/mol. The van der Waals surface area contributed by atoms with Crippen molar-refractivity contribution in [3.05, 3.63) is 11.1 Å². The van der Waals surface area contributed by atoms with E-state index >= 15 is 0 Å². The van der Waals surface area contributed by atoms with E-state index in [0.717, 1.165) is 24.2 Å². The Morgan fingerprint density at radius 1 is 1.38 bits per heavy atom. The average Bonchev–Trinajstić information content (AvgIpc) is 2.16. The molecule has 92 valence electrons. The monoisotopic (exact) mass is 228 g/mol. The molecule has 1 rings (SSSR count). The van der Waals surface area contributed by atoms with Crippen molar-refractivity contribution in [2.45, 2.75) is 26.2 Å². The standard InChI is InChI=1S/C11H20N2O3/c1-7(9-5-12-6-9)10(14)13-8(2)11(15-3)16-4/h8,11-12H,5-6H2,1-4H3,(H,13,14). The maximum atomic E-state index is 11.8. The highest BCUT2D eigenvalue weighted by Gasteiger charge is 2.21. The summed E-state index contributed by atoms with van der Waals surface area (Å²) in [5.74, 6) is -0.0527. The van der Waals surface area contributed by atoms with Crippen molar-refractivity contribution in [2.75, 3.05) is 27.3 Å². The van der Waals surface area contributed by atoms with E-state index < -0.39 is 6.29 Å². The lowest BCUT2D eigenvalue weighted by Crippen LogP contribution is -2.45. The number of carbonyl (C=O) groups is 1. The van der Waals surface area contributed by atoms with Gasteiger partial charge in [-0.3, -0.25) is 4.79 Å². The molecule has 0 aromatic rings. The average molecular weight is 228 g/mol. The minimum absolute atomic E-state index is 0.0527. The van der Waals surface area contributed by atoms with E-state index in [0.29, 0.717) is 0 Å². The van der Waals surface area contributed by atoms with Crippen molar-refractivity contribution >= 4 is 5.91 Å². The third-order valence-electron chi connectivity index (χ3n) is 2.78. The second kappa shape index (κ2) is 5.98. The molecule has 1 fully saturated rings. The third kappa shape index (κ3) is 3.04. The fourth-order valence-electron chi connectivity index (χ4n) is 1.56. The van der Waals surface area contributed by atoms with Crippen LogP contribution in [0.5, 0.6) is 0 Å². The van der Waals surface area contributed by atoms with Gasteiger partial charge in [-0.15, -0.1) is 0 Å². The molecule has 1 unspecified atom stereocenters. The quantitative estimate of drug-likeness (QED) is 0.515. The normalized spacial score (nSPS) is 16.9. The zero-order valence-electron chi connectivity index (χ0n) is 10.3. The first-order valence-corrected chi connectivity index (χ1v) is 5.36. The fourth-order valence-corrected chi connectivity index (χ4v) is 1.56. The van der Waals surface area contributed by atoms with E-state index in [1.54, 1.807) is 14.2 Å². The maximum Gasteiger partial charge on any atom is 0.247 e. The minimum Gasteiger partial charge on any atom is -0.354 e. The molecule has 1 aliphatic rings. The topological polar surface area (TPSA) is 59.6 Å². The molecule has 1 aliphatic heterocycles. The Balaban J connectivity index is 2.50. The summed E-state index contributed by atoms with van der Waals surface area (Å²) in [5, 5.41) is 5.96. The van der Waals surface area contributed by atoms with E-state index in [9.17, 15) is 4.79 Å². The number of hydrogen-bond acceptors (Lipinski definition) is 4. The smallest absolute Gasteiger partial charge is 0.247 e. The molecule has 0 aliphatic carbocycles. The summed E-state index contributed by atoms with van der Waals surface area (Å²) in [7, 11) is 3.11. The SMILES string of the molecule is COC(OC)C(C)NC(=O)C(C)=C1CNC1. The molecule has 0 bridgehead atoms. The molecule has 16 heavy (non-hydrogen) atoms. The van der Waals surface area contributed by atoms with Crippen LogP contribution in [0.1, 0.15) is 13.8 Å². The summed E-state index contributed by atoms with van der Waals surface area (Å²) in [4.78, 5) is 11.8. The van der Waals surface area contributed by atoms with Gasteiger partial charge in [-0.2, -0.15) is 0 Å². The van der Waals surface area contributed by atoms with Gasteiger partial charge in [0.25, 0.3) is 0 Å². The lowest BCUT2D eigenvalue weighted by atomic mass is 10.0. The van der Waals surface area contributed by atoms with Crippen LogP contribution in [-0.2, 0) is 14.3 Å². The highest BCUT2D eigenvalue weighted by Crippen LogP contribution is 2.09. The van der Waals surface area contributed by atoms with Gasteiger partial charge in [-0.25, -0.2) is 0 Å². The Bertz CT molecular complexity index is 279. The van der Waals surface area contributed by atoms with Crippen LogP contribution < -0.4 is 10.6 Å². The maximum absolute atomic E-state index is 11.8. The third-order valence-corrected chi connectivity index (χ3v) is 2.78. The van der Waals surface area contributed by atoms with Gasteiger partial charge in [0.05, 0.1) is 6.04 Å². The van der Waals surface area contributed by atoms with Gasteiger partial charge in [0, 0.05) is 32.9 Å². The van der Waals surface area contributed by atoms with Gasteiger partial charge < -0.3 is 20.1 Å². The van der Waals surface area contributed by atoms with Gasteiger partial charge in [-0.05, 0) is 19.4 Å². The second-order valence-electron chi connectivity index (χ2n) is 3.93. The molecular formula is C11H20N2O3. The van der Waals surface area contributed by atoms with E-state index in [1.807, 2.05) is 13.8 Å². The van der Waals surface area contributed by atoms with Crippen LogP contribution in [0.4, 0.5) is 0 Å². The van der Waals surface area contributed by atoms with Crippen LogP contribution in [0.15, 0.2) is 11.1 Å². The Morgan fingerprint density at radius 2 is 1.94 bits per heavy atom.